The van der Waals surface area contributed by atoms with Crippen LogP contribution in [0.3, 0.4) is 0 Å². The molecule has 0 atom stereocenters. The number of benzene rings is 4. The third kappa shape index (κ3) is 2.11. The van der Waals surface area contributed by atoms with Crippen molar-refractivity contribution in [2.24, 2.45) is 11.5 Å². The van der Waals surface area contributed by atoms with Crippen LogP contribution < -0.4 is 11.5 Å². The average Bonchev–Trinajstić information content (AvgIpc) is 2.63. The number of hydrogen-bond acceptors (Lipinski definition) is 4. The smallest absolute Gasteiger partial charge is 0.337 e. The predicted octanol–water partition coefficient (Wildman–Crippen LogP) is 2.18. The molecule has 0 saturated heterocycles. The molecule has 0 fully saturated rings. The standard InChI is InChI=1S/C20H12N2O6/c21-17(23)10-5-4-9-14-12-7(6-11(13(10)14)18(22)24)2-1-3-8(12)15(19(25)26)16(9)20(27)28/h1-6H,(H2,21,23)(H2,22,24)(H,25,26)(H,27,28). The Balaban J connectivity index is 2.49. The van der Waals surface area contributed by atoms with E-state index in [9.17, 15) is 29.4 Å². The molecule has 0 aliphatic rings. The number of amides is 2. The third-order valence-electron chi connectivity index (χ3n) is 4.87. The molecule has 0 aromatic heterocycles. The Labute approximate surface area is 156 Å². The van der Waals surface area contributed by atoms with Crippen LogP contribution in [0.2, 0.25) is 0 Å². The van der Waals surface area contributed by atoms with E-state index in [2.05, 4.69) is 0 Å². The molecular weight excluding hydrogens is 364 g/mol. The van der Waals surface area contributed by atoms with Gasteiger partial charge in [0.05, 0.1) is 11.1 Å². The number of aromatic carboxylic acids is 2. The van der Waals surface area contributed by atoms with E-state index in [-0.39, 0.29) is 38.2 Å². The van der Waals surface area contributed by atoms with Crippen LogP contribution in [-0.2, 0) is 0 Å². The third-order valence-corrected chi connectivity index (χ3v) is 4.87. The maximum Gasteiger partial charge on any atom is 0.337 e. The van der Waals surface area contributed by atoms with Gasteiger partial charge >= 0.3 is 11.9 Å². The summed E-state index contributed by atoms with van der Waals surface area (Å²) in [5, 5.41) is 21.0. The summed E-state index contributed by atoms with van der Waals surface area (Å²) in [5.74, 6) is -4.49. The van der Waals surface area contributed by atoms with Crippen LogP contribution in [0.1, 0.15) is 41.4 Å². The first-order chi connectivity index (χ1) is 13.2. The molecular formula is C20H12N2O6. The lowest BCUT2D eigenvalue weighted by atomic mass is 9.84. The SMILES string of the molecule is NC(=O)c1ccc2c(C(=O)O)c(C(=O)O)c3cccc4cc(C(N)=O)c1c2c43. The van der Waals surface area contributed by atoms with Gasteiger partial charge in [0.25, 0.3) is 0 Å². The Hall–Kier alpha value is -4.20. The van der Waals surface area contributed by atoms with Gasteiger partial charge in [-0.1, -0.05) is 24.3 Å². The number of primary amides is 2. The fourth-order valence-electron chi connectivity index (χ4n) is 3.87. The molecule has 8 nitrogen and oxygen atoms in total. The second kappa shape index (κ2) is 5.65. The van der Waals surface area contributed by atoms with Crippen molar-refractivity contribution in [1.29, 1.82) is 0 Å². The number of rotatable bonds is 4. The zero-order valence-electron chi connectivity index (χ0n) is 14.1. The first kappa shape index (κ1) is 17.2. The molecule has 0 unspecified atom stereocenters. The Morgan fingerprint density at radius 3 is 1.79 bits per heavy atom. The Morgan fingerprint density at radius 2 is 1.25 bits per heavy atom. The minimum Gasteiger partial charge on any atom is -0.478 e. The monoisotopic (exact) mass is 376 g/mol. The second-order valence-corrected chi connectivity index (χ2v) is 6.33. The molecule has 0 spiro atoms. The van der Waals surface area contributed by atoms with Gasteiger partial charge in [0.2, 0.25) is 11.8 Å². The van der Waals surface area contributed by atoms with Crippen molar-refractivity contribution in [3.05, 3.63) is 58.7 Å². The largest absolute Gasteiger partial charge is 0.478 e. The molecule has 4 aromatic rings. The lowest BCUT2D eigenvalue weighted by Gasteiger charge is -2.19. The molecule has 8 heteroatoms. The van der Waals surface area contributed by atoms with E-state index in [1.807, 2.05) is 0 Å². The number of carboxylic acids is 2. The van der Waals surface area contributed by atoms with Crippen LogP contribution in [0.4, 0.5) is 0 Å². The van der Waals surface area contributed by atoms with Crippen molar-refractivity contribution in [1.82, 2.24) is 0 Å². The van der Waals surface area contributed by atoms with E-state index in [1.54, 1.807) is 12.1 Å². The van der Waals surface area contributed by atoms with E-state index in [0.29, 0.717) is 10.8 Å². The van der Waals surface area contributed by atoms with E-state index in [1.165, 1.54) is 24.3 Å². The molecule has 138 valence electrons. The topological polar surface area (TPSA) is 161 Å². The summed E-state index contributed by atoms with van der Waals surface area (Å²) in [4.78, 5) is 47.9. The molecule has 6 N–H and O–H groups in total. The maximum atomic E-state index is 12.1. The van der Waals surface area contributed by atoms with Gasteiger partial charge < -0.3 is 21.7 Å². The molecule has 4 rings (SSSR count). The molecule has 0 saturated carbocycles. The van der Waals surface area contributed by atoms with Crippen LogP contribution in [0.15, 0.2) is 36.4 Å². The molecule has 0 bridgehead atoms. The molecule has 0 radical (unpaired) electrons. The van der Waals surface area contributed by atoms with Crippen molar-refractivity contribution >= 4 is 56.1 Å². The van der Waals surface area contributed by atoms with E-state index in [0.717, 1.165) is 0 Å². The zero-order valence-corrected chi connectivity index (χ0v) is 14.1. The van der Waals surface area contributed by atoms with Gasteiger partial charge in [-0.05, 0) is 39.1 Å². The highest BCUT2D eigenvalue weighted by molar-refractivity contribution is 6.35. The van der Waals surface area contributed by atoms with E-state index in [4.69, 9.17) is 11.5 Å². The summed E-state index contributed by atoms with van der Waals surface area (Å²) >= 11 is 0. The van der Waals surface area contributed by atoms with Gasteiger partial charge in [-0.3, -0.25) is 9.59 Å². The number of carbonyl (C=O) groups is 4. The van der Waals surface area contributed by atoms with Crippen molar-refractivity contribution in [3.63, 3.8) is 0 Å². The minimum atomic E-state index is -1.45. The molecule has 2 amide bonds. The summed E-state index contributed by atoms with van der Waals surface area (Å²) in [6.07, 6.45) is 0. The highest BCUT2D eigenvalue weighted by atomic mass is 16.4. The maximum absolute atomic E-state index is 12.1. The Morgan fingerprint density at radius 1 is 0.679 bits per heavy atom. The lowest BCUT2D eigenvalue weighted by Crippen LogP contribution is -2.18. The fraction of sp³-hybridized carbons (Fsp3) is 0. The summed E-state index contributed by atoms with van der Waals surface area (Å²) in [7, 11) is 0. The van der Waals surface area contributed by atoms with Crippen LogP contribution in [0.25, 0.3) is 32.3 Å². The highest BCUT2D eigenvalue weighted by Crippen LogP contribution is 2.42. The van der Waals surface area contributed by atoms with Gasteiger partial charge in [-0.15, -0.1) is 0 Å². The van der Waals surface area contributed by atoms with Gasteiger partial charge in [-0.25, -0.2) is 9.59 Å². The van der Waals surface area contributed by atoms with Crippen LogP contribution in [0.5, 0.6) is 0 Å². The quantitative estimate of drug-likeness (QED) is 0.399. The van der Waals surface area contributed by atoms with Crippen LogP contribution in [-0.4, -0.2) is 34.0 Å². The van der Waals surface area contributed by atoms with E-state index < -0.39 is 29.3 Å². The molecule has 0 aliphatic carbocycles. The minimum absolute atomic E-state index is 0.00110. The van der Waals surface area contributed by atoms with Gasteiger partial charge in [-0.2, -0.15) is 0 Å². The van der Waals surface area contributed by atoms with Crippen molar-refractivity contribution < 1.29 is 29.4 Å². The van der Waals surface area contributed by atoms with Gasteiger partial charge in [0.15, 0.2) is 0 Å². The summed E-state index contributed by atoms with van der Waals surface area (Å²) < 4.78 is 0. The predicted molar refractivity (Wildman–Crippen MR) is 101 cm³/mol. The lowest BCUT2D eigenvalue weighted by molar-refractivity contribution is 0.0655. The first-order valence-electron chi connectivity index (χ1n) is 8.07. The molecule has 0 heterocycles. The van der Waals surface area contributed by atoms with Crippen molar-refractivity contribution in [2.75, 3.05) is 0 Å². The summed E-state index contributed by atoms with van der Waals surface area (Å²) in [6, 6.07) is 8.74. The van der Waals surface area contributed by atoms with Crippen molar-refractivity contribution in [3.8, 4) is 0 Å². The number of hydrogen-bond donors (Lipinski definition) is 4. The van der Waals surface area contributed by atoms with Gasteiger partial charge in [0, 0.05) is 16.5 Å². The van der Waals surface area contributed by atoms with Crippen molar-refractivity contribution in [2.45, 2.75) is 0 Å². The summed E-state index contributed by atoms with van der Waals surface area (Å²) in [6.45, 7) is 0. The normalized spacial score (nSPS) is 11.3. The summed E-state index contributed by atoms with van der Waals surface area (Å²) in [5.41, 5.74) is 10.1. The Kier molecular flexibility index (Phi) is 3.47. The number of carbonyl (C=O) groups excluding carboxylic acids is 2. The zero-order chi connectivity index (χ0) is 20.3. The van der Waals surface area contributed by atoms with Crippen LogP contribution in [0, 0.1) is 0 Å². The second-order valence-electron chi connectivity index (χ2n) is 6.33. The molecule has 0 aliphatic heterocycles. The number of carboxylic acid groups (broad SMARTS) is 2. The van der Waals surface area contributed by atoms with E-state index >= 15 is 0 Å². The Bertz CT molecular complexity index is 1370. The van der Waals surface area contributed by atoms with Gasteiger partial charge in [0.1, 0.15) is 0 Å². The highest BCUT2D eigenvalue weighted by Gasteiger charge is 2.28. The van der Waals surface area contributed by atoms with Crippen LogP contribution >= 0.6 is 0 Å². The average molecular weight is 376 g/mol. The first-order valence-corrected chi connectivity index (χ1v) is 8.07. The number of nitrogens with two attached hydrogens (primary N) is 2. The molecule has 28 heavy (non-hydrogen) atoms. The molecule has 4 aromatic carbocycles. The fourth-order valence-corrected chi connectivity index (χ4v) is 3.87.